The lowest BCUT2D eigenvalue weighted by atomic mass is 10.1. The average Bonchev–Trinajstić information content (AvgIpc) is 3.03. The van der Waals surface area contributed by atoms with Gasteiger partial charge in [0.05, 0.1) is 23.8 Å². The van der Waals surface area contributed by atoms with Crippen LogP contribution in [0.25, 0.3) is 6.08 Å². The largest absolute Gasteiger partial charge is 0.493 e. The third-order valence-electron chi connectivity index (χ3n) is 4.77. The van der Waals surface area contributed by atoms with Crippen LogP contribution in [-0.4, -0.2) is 41.7 Å². The molecule has 1 atom stereocenters. The van der Waals surface area contributed by atoms with Gasteiger partial charge in [0.15, 0.2) is 11.5 Å². The predicted octanol–water partition coefficient (Wildman–Crippen LogP) is 4.83. The highest BCUT2D eigenvalue weighted by Gasteiger charge is 2.36. The Bertz CT molecular complexity index is 1120. The number of benzene rings is 2. The van der Waals surface area contributed by atoms with Crippen LogP contribution >= 0.6 is 11.8 Å². The van der Waals surface area contributed by atoms with Gasteiger partial charge >= 0.3 is 0 Å². The van der Waals surface area contributed by atoms with E-state index in [4.69, 9.17) is 9.47 Å². The van der Waals surface area contributed by atoms with Crippen LogP contribution < -0.4 is 14.8 Å². The van der Waals surface area contributed by atoms with E-state index in [-0.39, 0.29) is 16.7 Å². The summed E-state index contributed by atoms with van der Waals surface area (Å²) in [7, 11) is 1.50. The zero-order valence-corrected chi connectivity index (χ0v) is 19.0. The van der Waals surface area contributed by atoms with Crippen molar-refractivity contribution in [3.63, 3.8) is 0 Å². The Kier molecular flexibility index (Phi) is 7.70. The summed E-state index contributed by atoms with van der Waals surface area (Å²) in [4.78, 5) is 38.1. The van der Waals surface area contributed by atoms with E-state index in [1.165, 1.54) is 13.2 Å². The van der Waals surface area contributed by atoms with Crippen molar-refractivity contribution in [3.05, 3.63) is 58.5 Å². The second-order valence-electron chi connectivity index (χ2n) is 7.19. The number of thioether (sulfide) groups is 1. The van der Waals surface area contributed by atoms with E-state index in [9.17, 15) is 23.2 Å². The number of carbonyl (C=O) groups is 3. The monoisotopic (exact) mass is 476 g/mol. The Balaban J connectivity index is 1.72. The van der Waals surface area contributed by atoms with Crippen LogP contribution in [0.2, 0.25) is 0 Å². The molecule has 0 saturated carbocycles. The second kappa shape index (κ2) is 10.5. The molecule has 3 rings (SSSR count). The van der Waals surface area contributed by atoms with Crippen molar-refractivity contribution in [2.24, 2.45) is 0 Å². The van der Waals surface area contributed by atoms with Crippen LogP contribution in [0, 0.1) is 11.6 Å². The first-order chi connectivity index (χ1) is 15.7. The molecular weight excluding hydrogens is 454 g/mol. The van der Waals surface area contributed by atoms with Crippen LogP contribution in [0.15, 0.2) is 41.3 Å². The van der Waals surface area contributed by atoms with Gasteiger partial charge in [0.2, 0.25) is 5.91 Å². The number of nitrogens with zero attached hydrogens (tertiary/aromatic N) is 1. The quantitative estimate of drug-likeness (QED) is 0.550. The van der Waals surface area contributed by atoms with Gasteiger partial charge in [-0.15, -0.1) is 0 Å². The van der Waals surface area contributed by atoms with Crippen LogP contribution in [-0.2, 0) is 9.59 Å². The molecule has 1 fully saturated rings. The summed E-state index contributed by atoms with van der Waals surface area (Å²) in [6, 6.07) is 7.76. The van der Waals surface area contributed by atoms with Gasteiger partial charge in [-0.05, 0) is 61.0 Å². The first-order valence-electron chi connectivity index (χ1n) is 10.1. The number of ether oxygens (including phenoxy) is 2. The number of nitrogens with one attached hydrogen (secondary N) is 1. The molecular formula is C23H22F2N2O5S. The van der Waals surface area contributed by atoms with Crippen molar-refractivity contribution >= 4 is 40.6 Å². The first kappa shape index (κ1) is 24.2. The number of carbonyl (C=O) groups excluding carboxylic acids is 3. The van der Waals surface area contributed by atoms with Gasteiger partial charge in [-0.1, -0.05) is 13.0 Å². The van der Waals surface area contributed by atoms with Gasteiger partial charge in [0.25, 0.3) is 11.1 Å². The molecule has 1 aliphatic heterocycles. The van der Waals surface area contributed by atoms with E-state index in [2.05, 4.69) is 5.32 Å². The van der Waals surface area contributed by atoms with Gasteiger partial charge in [-0.25, -0.2) is 8.78 Å². The maximum Gasteiger partial charge on any atom is 0.294 e. The fraction of sp³-hybridized carbons (Fsp3) is 0.261. The molecule has 0 spiro atoms. The van der Waals surface area contributed by atoms with E-state index in [0.29, 0.717) is 34.9 Å². The Hall–Kier alpha value is -3.40. The summed E-state index contributed by atoms with van der Waals surface area (Å²) in [5, 5.41) is 1.59. The molecule has 2 aromatic rings. The zero-order valence-electron chi connectivity index (χ0n) is 18.2. The minimum atomic E-state index is -0.966. The molecule has 7 nitrogen and oxygen atoms in total. The third kappa shape index (κ3) is 5.89. The topological polar surface area (TPSA) is 84.9 Å². The van der Waals surface area contributed by atoms with E-state index < -0.39 is 35.2 Å². The Morgan fingerprint density at radius 1 is 1.18 bits per heavy atom. The van der Waals surface area contributed by atoms with Crippen LogP contribution in [0.1, 0.15) is 25.8 Å². The third-order valence-corrected chi connectivity index (χ3v) is 5.68. The van der Waals surface area contributed by atoms with Crippen LogP contribution in [0.4, 0.5) is 19.3 Å². The molecule has 0 bridgehead atoms. The van der Waals surface area contributed by atoms with Gasteiger partial charge in [0.1, 0.15) is 18.2 Å². The molecule has 0 aromatic heterocycles. The summed E-state index contributed by atoms with van der Waals surface area (Å²) in [6.07, 6.45) is 2.33. The van der Waals surface area contributed by atoms with E-state index in [1.54, 1.807) is 18.2 Å². The highest BCUT2D eigenvalue weighted by atomic mass is 32.2. The summed E-state index contributed by atoms with van der Waals surface area (Å²) in [5.41, 5.74) is 0.349. The van der Waals surface area contributed by atoms with Gasteiger partial charge in [-0.2, -0.15) is 0 Å². The molecule has 0 unspecified atom stereocenters. The lowest BCUT2D eigenvalue weighted by Crippen LogP contribution is -2.36. The van der Waals surface area contributed by atoms with Crippen molar-refractivity contribution < 1.29 is 32.6 Å². The normalized spacial score (nSPS) is 15.7. The molecule has 2 aromatic carbocycles. The van der Waals surface area contributed by atoms with Gasteiger partial charge in [-0.3, -0.25) is 19.3 Å². The number of halogens is 2. The summed E-state index contributed by atoms with van der Waals surface area (Å²) >= 11 is 0.685. The lowest BCUT2D eigenvalue weighted by Gasteiger charge is -2.15. The average molecular weight is 477 g/mol. The fourth-order valence-corrected chi connectivity index (χ4v) is 3.72. The number of hydrogen-bond donors (Lipinski definition) is 1. The predicted molar refractivity (Wildman–Crippen MR) is 121 cm³/mol. The molecule has 1 heterocycles. The summed E-state index contributed by atoms with van der Waals surface area (Å²) in [5.74, 6) is -2.17. The number of imide groups is 1. The van der Waals surface area contributed by atoms with E-state index >= 15 is 0 Å². The highest BCUT2D eigenvalue weighted by molar-refractivity contribution is 8.18. The minimum Gasteiger partial charge on any atom is -0.493 e. The maximum atomic E-state index is 13.7. The fourth-order valence-electron chi connectivity index (χ4n) is 2.88. The molecule has 10 heteroatoms. The van der Waals surface area contributed by atoms with Crippen molar-refractivity contribution in [2.75, 3.05) is 19.0 Å². The van der Waals surface area contributed by atoms with E-state index in [0.717, 1.165) is 23.5 Å². The van der Waals surface area contributed by atoms with Gasteiger partial charge in [0, 0.05) is 6.07 Å². The highest BCUT2D eigenvalue weighted by Crippen LogP contribution is 2.35. The van der Waals surface area contributed by atoms with Crippen LogP contribution in [0.5, 0.6) is 11.5 Å². The van der Waals surface area contributed by atoms with Crippen molar-refractivity contribution in [3.8, 4) is 11.5 Å². The maximum absolute atomic E-state index is 13.7. The number of amides is 3. The zero-order chi connectivity index (χ0) is 24.1. The molecule has 1 saturated heterocycles. The van der Waals surface area contributed by atoms with E-state index in [1.807, 2.05) is 13.8 Å². The smallest absolute Gasteiger partial charge is 0.294 e. The Morgan fingerprint density at radius 2 is 1.94 bits per heavy atom. The van der Waals surface area contributed by atoms with Gasteiger partial charge < -0.3 is 14.8 Å². The molecule has 1 N–H and O–H groups in total. The minimum absolute atomic E-state index is 0.00391. The van der Waals surface area contributed by atoms with Crippen molar-refractivity contribution in [2.45, 2.75) is 26.4 Å². The number of methoxy groups -OCH3 is 1. The molecule has 174 valence electrons. The molecule has 33 heavy (non-hydrogen) atoms. The molecule has 3 amide bonds. The standard InChI is InChI=1S/C23H22F2N2O5S/c1-4-13(2)32-18-8-5-14(9-19(18)31-3)10-20-22(29)27(23(30)33-20)12-21(28)26-17-7-6-15(24)11-16(17)25/h5-11,13H,4,12H2,1-3H3,(H,26,28)/b20-10-/t13-/m1/s1. The number of anilines is 1. The Labute approximate surface area is 193 Å². The van der Waals surface area contributed by atoms with Crippen molar-refractivity contribution in [1.82, 2.24) is 4.90 Å². The second-order valence-corrected chi connectivity index (χ2v) is 8.18. The number of hydrogen-bond acceptors (Lipinski definition) is 6. The Morgan fingerprint density at radius 3 is 2.61 bits per heavy atom. The summed E-state index contributed by atoms with van der Waals surface area (Å²) in [6.45, 7) is 3.33. The molecule has 0 aliphatic carbocycles. The van der Waals surface area contributed by atoms with Crippen molar-refractivity contribution in [1.29, 1.82) is 0 Å². The molecule has 0 radical (unpaired) electrons. The SMILES string of the molecule is CC[C@@H](C)Oc1ccc(/C=C2\SC(=O)N(CC(=O)Nc3ccc(F)cc3F)C2=O)cc1OC. The number of rotatable bonds is 8. The molecule has 1 aliphatic rings. The van der Waals surface area contributed by atoms with Crippen LogP contribution in [0.3, 0.4) is 0 Å². The summed E-state index contributed by atoms with van der Waals surface area (Å²) < 4.78 is 37.9. The lowest BCUT2D eigenvalue weighted by molar-refractivity contribution is -0.127. The first-order valence-corrected chi connectivity index (χ1v) is 10.9.